The van der Waals surface area contributed by atoms with Gasteiger partial charge in [-0.1, -0.05) is 18.3 Å². The molecule has 2 saturated heterocycles. The summed E-state index contributed by atoms with van der Waals surface area (Å²) in [5.41, 5.74) is 0.342. The highest BCUT2D eigenvalue weighted by atomic mass is 32.1. The lowest BCUT2D eigenvalue weighted by Crippen LogP contribution is -2.49. The monoisotopic (exact) mass is 431 g/mol. The van der Waals surface area contributed by atoms with Gasteiger partial charge in [-0.3, -0.25) is 14.7 Å². The molecule has 0 saturated carbocycles. The van der Waals surface area contributed by atoms with Gasteiger partial charge in [0.1, 0.15) is 10.7 Å². The van der Waals surface area contributed by atoms with E-state index in [1.54, 1.807) is 18.5 Å². The van der Waals surface area contributed by atoms with Gasteiger partial charge in [-0.15, -0.1) is 0 Å². The zero-order valence-corrected chi connectivity index (χ0v) is 18.5. The molecule has 162 valence electrons. The average molecular weight is 432 g/mol. The number of thiazole rings is 1. The van der Waals surface area contributed by atoms with E-state index >= 15 is 0 Å². The second kappa shape index (κ2) is 9.39. The predicted molar refractivity (Wildman–Crippen MR) is 117 cm³/mol. The Hall–Kier alpha value is -2.06. The molecular formula is C22H30FN5OS. The number of likely N-dealkylation sites (tertiary alicyclic amines) is 2. The van der Waals surface area contributed by atoms with Crippen LogP contribution in [0.4, 0.5) is 9.52 Å². The van der Waals surface area contributed by atoms with Crippen molar-refractivity contribution < 1.29 is 9.18 Å². The number of hydrogen-bond donors (Lipinski definition) is 1. The van der Waals surface area contributed by atoms with Gasteiger partial charge in [0.05, 0.1) is 17.9 Å². The number of halogens is 1. The third-order valence-corrected chi connectivity index (χ3v) is 7.13. The Kier molecular flexibility index (Phi) is 6.63. The SMILES string of the molecule is C[C@@H]1CCCN(C2CCN(C(=O)c3cnc(N[C@@H](C)c4ncccc4F)s3)CC2)C1. The fourth-order valence-electron chi connectivity index (χ4n) is 4.56. The quantitative estimate of drug-likeness (QED) is 0.769. The first-order valence-electron chi connectivity index (χ1n) is 10.9. The van der Waals surface area contributed by atoms with Gasteiger partial charge >= 0.3 is 0 Å². The number of aromatic nitrogens is 2. The van der Waals surface area contributed by atoms with Crippen LogP contribution in [0.1, 0.15) is 60.9 Å². The minimum absolute atomic E-state index is 0.0441. The van der Waals surface area contributed by atoms with Crippen LogP contribution >= 0.6 is 11.3 Å². The van der Waals surface area contributed by atoms with Crippen LogP contribution in [-0.4, -0.2) is 57.9 Å². The van der Waals surface area contributed by atoms with Crippen molar-refractivity contribution >= 4 is 22.4 Å². The van der Waals surface area contributed by atoms with Crippen molar-refractivity contribution in [3.8, 4) is 0 Å². The largest absolute Gasteiger partial charge is 0.353 e. The molecule has 0 aliphatic carbocycles. The number of anilines is 1. The van der Waals surface area contributed by atoms with Gasteiger partial charge in [0, 0.05) is 31.9 Å². The lowest BCUT2D eigenvalue weighted by atomic mass is 9.95. The number of carbonyl (C=O) groups excluding carboxylic acids is 1. The number of piperidine rings is 2. The number of nitrogens with one attached hydrogen (secondary N) is 1. The van der Waals surface area contributed by atoms with Crippen molar-refractivity contribution in [2.24, 2.45) is 5.92 Å². The second-order valence-electron chi connectivity index (χ2n) is 8.53. The summed E-state index contributed by atoms with van der Waals surface area (Å²) in [6, 6.07) is 3.24. The number of carbonyl (C=O) groups is 1. The lowest BCUT2D eigenvalue weighted by Gasteiger charge is -2.41. The Morgan fingerprint density at radius 2 is 2.07 bits per heavy atom. The molecule has 2 aromatic heterocycles. The zero-order chi connectivity index (χ0) is 21.1. The smallest absolute Gasteiger partial charge is 0.265 e. The van der Waals surface area contributed by atoms with E-state index in [-0.39, 0.29) is 17.8 Å². The summed E-state index contributed by atoms with van der Waals surface area (Å²) in [5.74, 6) is 0.475. The van der Waals surface area contributed by atoms with Gasteiger partial charge in [-0.05, 0) is 57.2 Å². The minimum atomic E-state index is -0.351. The highest BCUT2D eigenvalue weighted by Gasteiger charge is 2.30. The van der Waals surface area contributed by atoms with E-state index in [9.17, 15) is 9.18 Å². The molecule has 2 aliphatic rings. The van der Waals surface area contributed by atoms with E-state index in [0.29, 0.717) is 21.7 Å². The van der Waals surface area contributed by atoms with Crippen molar-refractivity contribution in [1.29, 1.82) is 0 Å². The Labute approximate surface area is 181 Å². The first kappa shape index (κ1) is 21.2. The van der Waals surface area contributed by atoms with Crippen molar-refractivity contribution in [1.82, 2.24) is 19.8 Å². The molecule has 2 aromatic rings. The summed E-state index contributed by atoms with van der Waals surface area (Å²) in [4.78, 5) is 26.6. The van der Waals surface area contributed by atoms with Crippen LogP contribution in [0.25, 0.3) is 0 Å². The minimum Gasteiger partial charge on any atom is -0.353 e. The molecule has 8 heteroatoms. The van der Waals surface area contributed by atoms with E-state index in [1.807, 2.05) is 11.8 Å². The van der Waals surface area contributed by atoms with Gasteiger partial charge < -0.3 is 10.2 Å². The zero-order valence-electron chi connectivity index (χ0n) is 17.7. The number of pyridine rings is 1. The molecular weight excluding hydrogens is 401 g/mol. The van der Waals surface area contributed by atoms with E-state index in [1.165, 1.54) is 43.3 Å². The normalized spacial score (nSPS) is 22.1. The molecule has 2 fully saturated rings. The van der Waals surface area contributed by atoms with Crippen LogP contribution < -0.4 is 5.32 Å². The molecule has 2 atom stereocenters. The highest BCUT2D eigenvalue weighted by molar-refractivity contribution is 7.17. The standard InChI is InChI=1S/C22H30FN5OS/c1-15-5-4-10-28(14-15)17-7-11-27(12-8-17)21(29)19-13-25-22(30-19)26-16(2)20-18(23)6-3-9-24-20/h3,6,9,13,15-17H,4-5,7-8,10-12,14H2,1-2H3,(H,25,26)/t15-,16+/m1/s1. The number of hydrogen-bond acceptors (Lipinski definition) is 6. The van der Waals surface area contributed by atoms with Crippen LogP contribution in [0.3, 0.4) is 0 Å². The molecule has 4 rings (SSSR count). The third-order valence-electron chi connectivity index (χ3n) is 6.21. The summed E-state index contributed by atoms with van der Waals surface area (Å²) in [7, 11) is 0. The van der Waals surface area contributed by atoms with Gasteiger partial charge in [0.15, 0.2) is 5.13 Å². The summed E-state index contributed by atoms with van der Waals surface area (Å²) in [6.45, 7) is 8.15. The van der Waals surface area contributed by atoms with Crippen LogP contribution in [0.5, 0.6) is 0 Å². The van der Waals surface area contributed by atoms with Crippen LogP contribution in [0.15, 0.2) is 24.5 Å². The maximum atomic E-state index is 13.9. The number of nitrogens with zero attached hydrogens (tertiary/aromatic N) is 4. The summed E-state index contributed by atoms with van der Waals surface area (Å²) >= 11 is 1.32. The van der Waals surface area contributed by atoms with E-state index < -0.39 is 0 Å². The Morgan fingerprint density at radius 1 is 1.27 bits per heavy atom. The number of amides is 1. The summed E-state index contributed by atoms with van der Waals surface area (Å²) < 4.78 is 13.9. The third kappa shape index (κ3) is 4.81. The molecule has 0 bridgehead atoms. The van der Waals surface area contributed by atoms with Gasteiger partial charge in [0.25, 0.3) is 5.91 Å². The molecule has 30 heavy (non-hydrogen) atoms. The molecule has 1 N–H and O–H groups in total. The van der Waals surface area contributed by atoms with E-state index in [0.717, 1.165) is 31.8 Å². The van der Waals surface area contributed by atoms with Gasteiger partial charge in [-0.2, -0.15) is 0 Å². The van der Waals surface area contributed by atoms with Crippen molar-refractivity contribution in [3.05, 3.63) is 40.9 Å². The van der Waals surface area contributed by atoms with Crippen molar-refractivity contribution in [3.63, 3.8) is 0 Å². The molecule has 0 aromatic carbocycles. The molecule has 0 unspecified atom stereocenters. The topological polar surface area (TPSA) is 61.4 Å². The Morgan fingerprint density at radius 3 is 2.80 bits per heavy atom. The van der Waals surface area contributed by atoms with E-state index in [4.69, 9.17) is 0 Å². The van der Waals surface area contributed by atoms with Gasteiger partial charge in [-0.25, -0.2) is 9.37 Å². The van der Waals surface area contributed by atoms with Crippen LogP contribution in [-0.2, 0) is 0 Å². The van der Waals surface area contributed by atoms with Crippen LogP contribution in [0.2, 0.25) is 0 Å². The van der Waals surface area contributed by atoms with Crippen LogP contribution in [0, 0.1) is 11.7 Å². The first-order valence-corrected chi connectivity index (χ1v) is 11.7. The van der Waals surface area contributed by atoms with E-state index in [2.05, 4.69) is 27.1 Å². The molecule has 2 aliphatic heterocycles. The molecule has 0 radical (unpaired) electrons. The number of rotatable bonds is 5. The predicted octanol–water partition coefficient (Wildman–Crippen LogP) is 4.19. The average Bonchev–Trinajstić information content (AvgIpc) is 3.22. The summed E-state index contributed by atoms with van der Waals surface area (Å²) in [6.07, 6.45) is 7.90. The Balaban J connectivity index is 1.32. The molecule has 6 nitrogen and oxygen atoms in total. The lowest BCUT2D eigenvalue weighted by molar-refractivity contribution is 0.0545. The summed E-state index contributed by atoms with van der Waals surface area (Å²) in [5, 5.41) is 3.76. The fourth-order valence-corrected chi connectivity index (χ4v) is 5.43. The maximum Gasteiger partial charge on any atom is 0.265 e. The fraction of sp³-hybridized carbons (Fsp3) is 0.591. The first-order chi connectivity index (χ1) is 14.5. The van der Waals surface area contributed by atoms with Crippen molar-refractivity contribution in [2.45, 2.75) is 51.6 Å². The molecule has 1 amide bonds. The maximum absolute atomic E-state index is 13.9. The molecule has 0 spiro atoms. The molecule has 4 heterocycles. The van der Waals surface area contributed by atoms with Gasteiger partial charge in [0.2, 0.25) is 0 Å². The Bertz CT molecular complexity index is 867. The second-order valence-corrected chi connectivity index (χ2v) is 9.56. The highest BCUT2D eigenvalue weighted by Crippen LogP contribution is 2.27. The van der Waals surface area contributed by atoms with Crippen molar-refractivity contribution in [2.75, 3.05) is 31.5 Å².